The molecule has 0 aromatic heterocycles. The lowest BCUT2D eigenvalue weighted by Gasteiger charge is -2.03. The molecule has 1 amide bonds. The van der Waals surface area contributed by atoms with Crippen molar-refractivity contribution in [3.63, 3.8) is 0 Å². The van der Waals surface area contributed by atoms with Gasteiger partial charge >= 0.3 is 0 Å². The fourth-order valence-corrected chi connectivity index (χ4v) is 1.34. The quantitative estimate of drug-likeness (QED) is 0.821. The van der Waals surface area contributed by atoms with Crippen molar-refractivity contribution in [3.8, 4) is 0 Å². The van der Waals surface area contributed by atoms with Crippen molar-refractivity contribution in [2.45, 2.75) is 13.3 Å². The van der Waals surface area contributed by atoms with Gasteiger partial charge in [-0.1, -0.05) is 45.8 Å². The maximum atomic E-state index is 11.3. The molecule has 0 spiro atoms. The number of carbonyl (C=O) groups is 1. The first-order valence-electron chi connectivity index (χ1n) is 4.60. The summed E-state index contributed by atoms with van der Waals surface area (Å²) in [5.74, 6) is 0.0771. The maximum absolute atomic E-state index is 11.3. The Kier molecular flexibility index (Phi) is 4.66. The standard InChI is InChI=1S/C11H14BrNO/c1-9-2-4-10(5-3-9)8-11(14)13-7-6-12/h2-5H,6-8H2,1H3,(H,13,14). The van der Waals surface area contributed by atoms with Crippen molar-refractivity contribution in [2.75, 3.05) is 11.9 Å². The van der Waals surface area contributed by atoms with Crippen molar-refractivity contribution in [2.24, 2.45) is 0 Å². The van der Waals surface area contributed by atoms with Gasteiger partial charge in [0.25, 0.3) is 0 Å². The molecule has 0 fully saturated rings. The summed E-state index contributed by atoms with van der Waals surface area (Å²) in [6.45, 7) is 2.72. The second-order valence-electron chi connectivity index (χ2n) is 3.20. The van der Waals surface area contributed by atoms with Crippen molar-refractivity contribution in [1.82, 2.24) is 5.32 Å². The van der Waals surface area contributed by atoms with Crippen LogP contribution in [0.1, 0.15) is 11.1 Å². The monoisotopic (exact) mass is 255 g/mol. The fraction of sp³-hybridized carbons (Fsp3) is 0.364. The molecule has 0 heterocycles. The van der Waals surface area contributed by atoms with Crippen LogP contribution in [0.15, 0.2) is 24.3 Å². The lowest BCUT2D eigenvalue weighted by Crippen LogP contribution is -2.26. The summed E-state index contributed by atoms with van der Waals surface area (Å²) in [5, 5.41) is 3.61. The molecule has 0 saturated heterocycles. The molecule has 1 N–H and O–H groups in total. The minimum absolute atomic E-state index is 0.0771. The lowest BCUT2D eigenvalue weighted by molar-refractivity contribution is -0.120. The molecule has 1 rings (SSSR count). The van der Waals surface area contributed by atoms with E-state index >= 15 is 0 Å². The Morgan fingerprint density at radius 3 is 2.57 bits per heavy atom. The van der Waals surface area contributed by atoms with Crippen molar-refractivity contribution in [1.29, 1.82) is 0 Å². The van der Waals surface area contributed by atoms with Crippen LogP contribution < -0.4 is 5.32 Å². The Morgan fingerprint density at radius 2 is 2.00 bits per heavy atom. The molecule has 3 heteroatoms. The number of carbonyl (C=O) groups excluding carboxylic acids is 1. The van der Waals surface area contributed by atoms with Gasteiger partial charge < -0.3 is 5.32 Å². The summed E-state index contributed by atoms with van der Waals surface area (Å²) in [6.07, 6.45) is 0.466. The third-order valence-electron chi connectivity index (χ3n) is 1.90. The molecule has 2 nitrogen and oxygen atoms in total. The van der Waals surface area contributed by atoms with E-state index < -0.39 is 0 Å². The van der Waals surface area contributed by atoms with Crippen LogP contribution in [-0.4, -0.2) is 17.8 Å². The highest BCUT2D eigenvalue weighted by Gasteiger charge is 2.01. The number of hydrogen-bond acceptors (Lipinski definition) is 1. The number of hydrogen-bond donors (Lipinski definition) is 1. The van der Waals surface area contributed by atoms with Gasteiger partial charge in [-0.25, -0.2) is 0 Å². The number of halogens is 1. The van der Waals surface area contributed by atoms with E-state index in [0.717, 1.165) is 10.9 Å². The van der Waals surface area contributed by atoms with Gasteiger partial charge in [-0.05, 0) is 12.5 Å². The van der Waals surface area contributed by atoms with Crippen LogP contribution in [0.4, 0.5) is 0 Å². The predicted octanol–water partition coefficient (Wildman–Crippen LogP) is 2.05. The Hall–Kier alpha value is -0.830. The molecule has 0 bridgehead atoms. The zero-order valence-electron chi connectivity index (χ0n) is 8.22. The zero-order chi connectivity index (χ0) is 10.4. The van der Waals surface area contributed by atoms with E-state index in [1.807, 2.05) is 31.2 Å². The first kappa shape index (κ1) is 11.2. The van der Waals surface area contributed by atoms with Gasteiger partial charge in [0, 0.05) is 11.9 Å². The minimum atomic E-state index is 0.0771. The summed E-state index contributed by atoms with van der Waals surface area (Å²) >= 11 is 3.26. The van der Waals surface area contributed by atoms with Crippen molar-refractivity contribution in [3.05, 3.63) is 35.4 Å². The summed E-state index contributed by atoms with van der Waals surface area (Å²) in [5.41, 5.74) is 2.28. The molecule has 1 aromatic carbocycles. The maximum Gasteiger partial charge on any atom is 0.224 e. The van der Waals surface area contributed by atoms with Crippen LogP contribution in [0, 0.1) is 6.92 Å². The Balaban J connectivity index is 2.44. The van der Waals surface area contributed by atoms with E-state index in [9.17, 15) is 4.79 Å². The molecule has 0 aliphatic heterocycles. The Bertz CT molecular complexity index is 295. The van der Waals surface area contributed by atoms with Gasteiger partial charge in [0.1, 0.15) is 0 Å². The number of alkyl halides is 1. The molecule has 14 heavy (non-hydrogen) atoms. The third kappa shape index (κ3) is 3.92. The highest BCUT2D eigenvalue weighted by Crippen LogP contribution is 2.03. The number of aryl methyl sites for hydroxylation is 1. The molecule has 76 valence electrons. The van der Waals surface area contributed by atoms with Gasteiger partial charge in [-0.15, -0.1) is 0 Å². The molecule has 0 aliphatic carbocycles. The topological polar surface area (TPSA) is 29.1 Å². The van der Waals surface area contributed by atoms with E-state index in [-0.39, 0.29) is 5.91 Å². The third-order valence-corrected chi connectivity index (χ3v) is 2.30. The van der Waals surface area contributed by atoms with Crippen LogP contribution in [-0.2, 0) is 11.2 Å². The predicted molar refractivity (Wildman–Crippen MR) is 61.7 cm³/mol. The van der Waals surface area contributed by atoms with Crippen LogP contribution >= 0.6 is 15.9 Å². The molecule has 1 aromatic rings. The molecular weight excluding hydrogens is 242 g/mol. The SMILES string of the molecule is Cc1ccc(CC(=O)NCCBr)cc1. The number of rotatable bonds is 4. The van der Waals surface area contributed by atoms with Crippen LogP contribution in [0.2, 0.25) is 0 Å². The summed E-state index contributed by atoms with van der Waals surface area (Å²) in [6, 6.07) is 8.02. The molecule has 0 radical (unpaired) electrons. The van der Waals surface area contributed by atoms with Gasteiger partial charge in [0.15, 0.2) is 0 Å². The number of benzene rings is 1. The Labute approximate surface area is 92.8 Å². The van der Waals surface area contributed by atoms with Gasteiger partial charge in [-0.2, -0.15) is 0 Å². The average molecular weight is 256 g/mol. The van der Waals surface area contributed by atoms with Gasteiger partial charge in [-0.3, -0.25) is 4.79 Å². The first-order chi connectivity index (χ1) is 6.72. The molecule has 0 atom stereocenters. The second-order valence-corrected chi connectivity index (χ2v) is 3.99. The summed E-state index contributed by atoms with van der Waals surface area (Å²) < 4.78 is 0. The van der Waals surface area contributed by atoms with Crippen molar-refractivity contribution < 1.29 is 4.79 Å². The fourth-order valence-electron chi connectivity index (χ4n) is 1.14. The highest BCUT2D eigenvalue weighted by atomic mass is 79.9. The van der Waals surface area contributed by atoms with E-state index in [4.69, 9.17) is 0 Å². The number of nitrogens with one attached hydrogen (secondary N) is 1. The normalized spacial score (nSPS) is 9.86. The second kappa shape index (κ2) is 5.81. The lowest BCUT2D eigenvalue weighted by atomic mass is 10.1. The first-order valence-corrected chi connectivity index (χ1v) is 5.72. The van der Waals surface area contributed by atoms with Crippen molar-refractivity contribution >= 4 is 21.8 Å². The smallest absolute Gasteiger partial charge is 0.224 e. The van der Waals surface area contributed by atoms with E-state index in [1.165, 1.54) is 5.56 Å². The number of amides is 1. The van der Waals surface area contributed by atoms with E-state index in [0.29, 0.717) is 13.0 Å². The highest BCUT2D eigenvalue weighted by molar-refractivity contribution is 9.09. The Morgan fingerprint density at radius 1 is 1.36 bits per heavy atom. The van der Waals surface area contributed by atoms with Crippen LogP contribution in [0.3, 0.4) is 0 Å². The van der Waals surface area contributed by atoms with Gasteiger partial charge in [0.05, 0.1) is 6.42 Å². The average Bonchev–Trinajstić information content (AvgIpc) is 2.18. The zero-order valence-corrected chi connectivity index (χ0v) is 9.80. The minimum Gasteiger partial charge on any atom is -0.355 e. The van der Waals surface area contributed by atoms with E-state index in [1.54, 1.807) is 0 Å². The molecule has 0 unspecified atom stereocenters. The largest absolute Gasteiger partial charge is 0.355 e. The van der Waals surface area contributed by atoms with Crippen LogP contribution in [0.5, 0.6) is 0 Å². The molecule has 0 aliphatic rings. The summed E-state index contributed by atoms with van der Waals surface area (Å²) in [4.78, 5) is 11.3. The summed E-state index contributed by atoms with van der Waals surface area (Å²) in [7, 11) is 0. The molecular formula is C11H14BrNO. The van der Waals surface area contributed by atoms with Gasteiger partial charge in [0.2, 0.25) is 5.91 Å². The van der Waals surface area contributed by atoms with E-state index in [2.05, 4.69) is 21.2 Å². The molecule has 0 saturated carbocycles. The van der Waals surface area contributed by atoms with Crippen LogP contribution in [0.25, 0.3) is 0 Å².